The van der Waals surface area contributed by atoms with Gasteiger partial charge in [-0.2, -0.15) is 0 Å². The van der Waals surface area contributed by atoms with E-state index in [1.165, 1.54) is 39.1 Å². The second kappa shape index (κ2) is 5.82. The van der Waals surface area contributed by atoms with Gasteiger partial charge in [0.2, 0.25) is 0 Å². The van der Waals surface area contributed by atoms with Crippen molar-refractivity contribution in [3.8, 4) is 0 Å². The summed E-state index contributed by atoms with van der Waals surface area (Å²) in [6.07, 6.45) is 3.62. The minimum Gasteiger partial charge on any atom is -0.304 e. The van der Waals surface area contributed by atoms with Crippen LogP contribution in [0.3, 0.4) is 0 Å². The first-order valence-corrected chi connectivity index (χ1v) is 9.64. The zero-order valence-electron chi connectivity index (χ0n) is 10.8. The van der Waals surface area contributed by atoms with Crippen LogP contribution in [0.2, 0.25) is 19.6 Å². The SMILES string of the molecule is CN1CCN(CC/C=C/[Si](C)(C)C)CC1. The molecule has 15 heavy (non-hydrogen) atoms. The maximum absolute atomic E-state index is 2.58. The highest BCUT2D eigenvalue weighted by atomic mass is 28.3. The lowest BCUT2D eigenvalue weighted by Gasteiger charge is -2.32. The second-order valence-electron chi connectivity index (χ2n) is 5.70. The van der Waals surface area contributed by atoms with Crippen LogP contribution in [0.15, 0.2) is 11.8 Å². The highest BCUT2D eigenvalue weighted by Crippen LogP contribution is 2.04. The van der Waals surface area contributed by atoms with Crippen LogP contribution in [0.4, 0.5) is 0 Å². The molecule has 1 rings (SSSR count). The van der Waals surface area contributed by atoms with Gasteiger partial charge in [0, 0.05) is 32.7 Å². The number of likely N-dealkylation sites (N-methyl/N-ethyl adjacent to an activating group) is 1. The molecule has 0 aromatic heterocycles. The van der Waals surface area contributed by atoms with Crippen molar-refractivity contribution in [2.45, 2.75) is 26.1 Å². The van der Waals surface area contributed by atoms with Gasteiger partial charge in [-0.05, 0) is 13.5 Å². The molecule has 0 aromatic carbocycles. The van der Waals surface area contributed by atoms with Gasteiger partial charge in [0.05, 0.1) is 8.07 Å². The van der Waals surface area contributed by atoms with Crippen LogP contribution in [-0.2, 0) is 0 Å². The van der Waals surface area contributed by atoms with Gasteiger partial charge >= 0.3 is 0 Å². The zero-order chi connectivity index (χ0) is 11.3. The van der Waals surface area contributed by atoms with Crippen molar-refractivity contribution in [1.82, 2.24) is 9.80 Å². The molecule has 0 saturated carbocycles. The van der Waals surface area contributed by atoms with Gasteiger partial charge < -0.3 is 9.80 Å². The summed E-state index contributed by atoms with van der Waals surface area (Å²) in [5.41, 5.74) is 2.46. The van der Waals surface area contributed by atoms with Gasteiger partial charge in [0.25, 0.3) is 0 Å². The lowest BCUT2D eigenvalue weighted by Crippen LogP contribution is -2.44. The van der Waals surface area contributed by atoms with Crippen molar-refractivity contribution in [3.63, 3.8) is 0 Å². The molecule has 1 saturated heterocycles. The normalized spacial score (nSPS) is 21.3. The van der Waals surface area contributed by atoms with E-state index in [1.54, 1.807) is 0 Å². The van der Waals surface area contributed by atoms with Crippen LogP contribution < -0.4 is 0 Å². The Labute approximate surface area is 96.0 Å². The third-order valence-corrected chi connectivity index (χ3v) is 4.06. The monoisotopic (exact) mass is 226 g/mol. The van der Waals surface area contributed by atoms with Gasteiger partial charge in [0.1, 0.15) is 0 Å². The molecule has 1 aliphatic heterocycles. The van der Waals surface area contributed by atoms with Gasteiger partial charge in [-0.3, -0.25) is 0 Å². The fourth-order valence-electron chi connectivity index (χ4n) is 1.77. The van der Waals surface area contributed by atoms with E-state index in [4.69, 9.17) is 0 Å². The molecular formula is C12H26N2Si. The summed E-state index contributed by atoms with van der Waals surface area (Å²) in [6, 6.07) is 0. The van der Waals surface area contributed by atoms with Crippen LogP contribution in [0.5, 0.6) is 0 Å². The number of rotatable bonds is 4. The second-order valence-corrected chi connectivity index (χ2v) is 10.8. The van der Waals surface area contributed by atoms with E-state index in [0.717, 1.165) is 0 Å². The molecule has 0 atom stereocenters. The van der Waals surface area contributed by atoms with Crippen LogP contribution in [0, 0.1) is 0 Å². The number of hydrogen-bond donors (Lipinski definition) is 0. The fraction of sp³-hybridized carbons (Fsp3) is 0.833. The largest absolute Gasteiger partial charge is 0.304 e. The van der Waals surface area contributed by atoms with Crippen molar-refractivity contribution in [2.75, 3.05) is 39.8 Å². The standard InChI is InChI=1S/C12H26N2Si/c1-13-8-10-14(11-9-13)7-5-6-12-15(2,3)4/h6,12H,5,7-11H2,1-4H3/b12-6+. The average molecular weight is 226 g/mol. The molecule has 0 radical (unpaired) electrons. The molecule has 0 unspecified atom stereocenters. The maximum atomic E-state index is 2.58. The predicted molar refractivity (Wildman–Crippen MR) is 71.0 cm³/mol. The van der Waals surface area contributed by atoms with E-state index < -0.39 is 8.07 Å². The summed E-state index contributed by atoms with van der Waals surface area (Å²) in [7, 11) is 1.25. The first-order chi connectivity index (χ1) is 6.97. The van der Waals surface area contributed by atoms with E-state index >= 15 is 0 Å². The van der Waals surface area contributed by atoms with E-state index in [0.29, 0.717) is 0 Å². The van der Waals surface area contributed by atoms with Gasteiger partial charge in [-0.25, -0.2) is 0 Å². The van der Waals surface area contributed by atoms with Crippen molar-refractivity contribution in [1.29, 1.82) is 0 Å². The van der Waals surface area contributed by atoms with Crippen molar-refractivity contribution in [2.24, 2.45) is 0 Å². The molecule has 0 aromatic rings. The third kappa shape index (κ3) is 6.13. The van der Waals surface area contributed by atoms with Crippen LogP contribution in [-0.4, -0.2) is 57.6 Å². The van der Waals surface area contributed by atoms with Gasteiger partial charge in [-0.15, -0.1) is 0 Å². The topological polar surface area (TPSA) is 6.48 Å². The molecule has 0 amide bonds. The quantitative estimate of drug-likeness (QED) is 0.677. The summed E-state index contributed by atoms with van der Waals surface area (Å²) in [5.74, 6) is 0. The van der Waals surface area contributed by atoms with Crippen molar-refractivity contribution in [3.05, 3.63) is 11.8 Å². The first kappa shape index (κ1) is 12.9. The number of piperazine rings is 1. The first-order valence-electron chi connectivity index (χ1n) is 6.06. The number of nitrogens with zero attached hydrogens (tertiary/aromatic N) is 2. The predicted octanol–water partition coefficient (Wildman–Crippen LogP) is 2.06. The van der Waals surface area contributed by atoms with Crippen LogP contribution in [0.25, 0.3) is 0 Å². The molecule has 0 aliphatic carbocycles. The molecule has 1 aliphatic rings. The lowest BCUT2D eigenvalue weighted by atomic mass is 10.3. The van der Waals surface area contributed by atoms with E-state index in [-0.39, 0.29) is 0 Å². The highest BCUT2D eigenvalue weighted by Gasteiger charge is 2.12. The smallest absolute Gasteiger partial charge is 0.0682 e. The highest BCUT2D eigenvalue weighted by molar-refractivity contribution is 6.80. The maximum Gasteiger partial charge on any atom is 0.0682 e. The summed E-state index contributed by atoms with van der Waals surface area (Å²) >= 11 is 0. The number of hydrogen-bond acceptors (Lipinski definition) is 2. The summed E-state index contributed by atoms with van der Waals surface area (Å²) in [4.78, 5) is 4.99. The van der Waals surface area contributed by atoms with Gasteiger partial charge in [0.15, 0.2) is 0 Å². The van der Waals surface area contributed by atoms with Crippen LogP contribution in [0.1, 0.15) is 6.42 Å². The Kier molecular flexibility index (Phi) is 5.03. The van der Waals surface area contributed by atoms with E-state index in [1.807, 2.05) is 0 Å². The summed E-state index contributed by atoms with van der Waals surface area (Å²) in [5, 5.41) is 0. The molecule has 1 fully saturated rings. The van der Waals surface area contributed by atoms with Crippen LogP contribution >= 0.6 is 0 Å². The van der Waals surface area contributed by atoms with Gasteiger partial charge in [-0.1, -0.05) is 31.4 Å². The van der Waals surface area contributed by atoms with Crippen molar-refractivity contribution >= 4 is 8.07 Å². The Balaban J connectivity index is 2.13. The van der Waals surface area contributed by atoms with E-state index in [9.17, 15) is 0 Å². The average Bonchev–Trinajstić information content (AvgIpc) is 2.14. The Morgan fingerprint density at radius 2 is 1.67 bits per heavy atom. The zero-order valence-corrected chi connectivity index (χ0v) is 11.8. The molecule has 0 N–H and O–H groups in total. The Bertz CT molecular complexity index is 200. The Morgan fingerprint density at radius 3 is 2.20 bits per heavy atom. The molecule has 88 valence electrons. The Morgan fingerprint density at radius 1 is 1.07 bits per heavy atom. The minimum absolute atomic E-state index is 0.962. The molecule has 1 heterocycles. The fourth-order valence-corrected chi connectivity index (χ4v) is 2.64. The van der Waals surface area contributed by atoms with Crippen molar-refractivity contribution < 1.29 is 0 Å². The molecule has 0 bridgehead atoms. The minimum atomic E-state index is -0.962. The molecular weight excluding hydrogens is 200 g/mol. The molecule has 2 nitrogen and oxygen atoms in total. The third-order valence-electron chi connectivity index (χ3n) is 2.83. The molecule has 0 spiro atoms. The lowest BCUT2D eigenvalue weighted by molar-refractivity contribution is 0.156. The summed E-state index contributed by atoms with van der Waals surface area (Å²) in [6.45, 7) is 13.4. The van der Waals surface area contributed by atoms with E-state index in [2.05, 4.69) is 48.3 Å². The Hall–Kier alpha value is -0.123. The molecule has 3 heteroatoms. The summed E-state index contributed by atoms with van der Waals surface area (Å²) < 4.78 is 0.